The molecule has 0 aliphatic heterocycles. The van der Waals surface area contributed by atoms with Crippen molar-refractivity contribution in [2.24, 2.45) is 0 Å². The number of aliphatic hydroxyl groups is 1. The average Bonchev–Trinajstić information content (AvgIpc) is 3.12. The molecule has 0 saturated heterocycles. The van der Waals surface area contributed by atoms with Gasteiger partial charge in [0.25, 0.3) is 0 Å². The fourth-order valence-electron chi connectivity index (χ4n) is 2.88. The van der Waals surface area contributed by atoms with Crippen molar-refractivity contribution in [1.82, 2.24) is 15.1 Å². The summed E-state index contributed by atoms with van der Waals surface area (Å²) in [4.78, 5) is 2.20. The van der Waals surface area contributed by atoms with Crippen molar-refractivity contribution in [3.63, 3.8) is 0 Å². The number of aromatic amines is 1. The van der Waals surface area contributed by atoms with Crippen molar-refractivity contribution in [3.05, 3.63) is 60.4 Å². The smallest absolute Gasteiger partial charge is 0.127 e. The Morgan fingerprint density at radius 3 is 2.68 bits per heavy atom. The van der Waals surface area contributed by atoms with Crippen molar-refractivity contribution in [2.45, 2.75) is 32.5 Å². The van der Waals surface area contributed by atoms with Gasteiger partial charge in [-0.2, -0.15) is 5.10 Å². The molecule has 5 nitrogen and oxygen atoms in total. The van der Waals surface area contributed by atoms with Crippen LogP contribution in [0, 0.1) is 0 Å². The summed E-state index contributed by atoms with van der Waals surface area (Å²) in [6.45, 7) is 5.77. The number of aromatic nitrogens is 2. The number of fused-ring (bicyclic) bond motifs is 1. The second-order valence-corrected chi connectivity index (χ2v) is 6.55. The van der Waals surface area contributed by atoms with Crippen molar-refractivity contribution < 1.29 is 9.84 Å². The van der Waals surface area contributed by atoms with Crippen LogP contribution in [0.2, 0.25) is 0 Å². The summed E-state index contributed by atoms with van der Waals surface area (Å²) in [6.07, 6.45) is 1.18. The molecule has 1 aromatic heterocycles. The highest BCUT2D eigenvalue weighted by molar-refractivity contribution is 5.88. The van der Waals surface area contributed by atoms with Gasteiger partial charge in [0.15, 0.2) is 0 Å². The lowest BCUT2D eigenvalue weighted by molar-refractivity contribution is 0.0542. The van der Waals surface area contributed by atoms with Gasteiger partial charge in [-0.25, -0.2) is 0 Å². The third-order valence-corrected chi connectivity index (χ3v) is 4.29. The van der Waals surface area contributed by atoms with Crippen LogP contribution in [0.4, 0.5) is 0 Å². The highest BCUT2D eigenvalue weighted by Crippen LogP contribution is 2.25. The summed E-state index contributed by atoms with van der Waals surface area (Å²) in [5, 5.41) is 19.6. The van der Waals surface area contributed by atoms with E-state index >= 15 is 0 Å². The molecule has 2 N–H and O–H groups in total. The van der Waals surface area contributed by atoms with Crippen LogP contribution in [0.5, 0.6) is 5.75 Å². The molecule has 132 valence electrons. The second-order valence-electron chi connectivity index (χ2n) is 6.55. The predicted octanol–water partition coefficient (Wildman–Crippen LogP) is 3.21. The van der Waals surface area contributed by atoms with Crippen LogP contribution in [0.1, 0.15) is 19.5 Å². The molecule has 3 rings (SSSR count). The van der Waals surface area contributed by atoms with E-state index in [4.69, 9.17) is 4.74 Å². The maximum absolute atomic E-state index is 10.4. The van der Waals surface area contributed by atoms with Gasteiger partial charge < -0.3 is 9.84 Å². The van der Waals surface area contributed by atoms with Gasteiger partial charge >= 0.3 is 0 Å². The van der Waals surface area contributed by atoms with Gasteiger partial charge in [-0.15, -0.1) is 0 Å². The minimum Gasteiger partial charge on any atom is -0.490 e. The maximum Gasteiger partial charge on any atom is 0.127 e. The van der Waals surface area contributed by atoms with Crippen LogP contribution in [-0.4, -0.2) is 45.5 Å². The summed E-state index contributed by atoms with van der Waals surface area (Å²) in [7, 11) is 0. The number of rotatable bonds is 8. The average molecular weight is 339 g/mol. The first-order valence-electron chi connectivity index (χ1n) is 8.64. The van der Waals surface area contributed by atoms with Crippen molar-refractivity contribution in [3.8, 4) is 5.75 Å². The molecule has 1 unspecified atom stereocenters. The number of H-pyrrole nitrogens is 1. The summed E-state index contributed by atoms with van der Waals surface area (Å²) >= 11 is 0. The topological polar surface area (TPSA) is 61.4 Å². The molecule has 1 atom stereocenters. The zero-order valence-corrected chi connectivity index (χ0v) is 14.7. The van der Waals surface area contributed by atoms with E-state index in [9.17, 15) is 5.11 Å². The minimum absolute atomic E-state index is 0.264. The van der Waals surface area contributed by atoms with E-state index in [0.29, 0.717) is 12.6 Å². The SMILES string of the molecule is CC(C)N(Cc1ccn[nH]1)CC(O)COc1cccc2ccccc12. The third kappa shape index (κ3) is 4.59. The van der Waals surface area contributed by atoms with E-state index in [1.165, 1.54) is 0 Å². The standard InChI is InChI=1S/C20H25N3O2/c1-15(2)23(12-17-10-11-21-22-17)13-18(24)14-25-20-9-5-7-16-6-3-4-8-19(16)20/h3-11,15,18,24H,12-14H2,1-2H3,(H,21,22). The highest BCUT2D eigenvalue weighted by Gasteiger charge is 2.16. The lowest BCUT2D eigenvalue weighted by Crippen LogP contribution is -2.39. The van der Waals surface area contributed by atoms with E-state index in [-0.39, 0.29) is 6.61 Å². The van der Waals surface area contributed by atoms with E-state index in [1.807, 2.05) is 36.4 Å². The quantitative estimate of drug-likeness (QED) is 0.661. The first-order valence-corrected chi connectivity index (χ1v) is 8.64. The molecule has 3 aromatic rings. The number of nitrogens with zero attached hydrogens (tertiary/aromatic N) is 2. The molecule has 0 spiro atoms. The van der Waals surface area contributed by atoms with Crippen LogP contribution >= 0.6 is 0 Å². The number of hydrogen-bond donors (Lipinski definition) is 2. The zero-order valence-electron chi connectivity index (χ0n) is 14.7. The molecule has 2 aromatic carbocycles. The van der Waals surface area contributed by atoms with Crippen LogP contribution in [0.3, 0.4) is 0 Å². The Morgan fingerprint density at radius 1 is 1.12 bits per heavy atom. The van der Waals surface area contributed by atoms with E-state index in [0.717, 1.165) is 28.8 Å². The third-order valence-electron chi connectivity index (χ3n) is 4.29. The van der Waals surface area contributed by atoms with E-state index < -0.39 is 6.10 Å². The van der Waals surface area contributed by atoms with Crippen molar-refractivity contribution in [2.75, 3.05) is 13.2 Å². The number of ether oxygens (including phenoxy) is 1. The van der Waals surface area contributed by atoms with E-state index in [2.05, 4.69) is 41.1 Å². The van der Waals surface area contributed by atoms with Gasteiger partial charge in [-0.3, -0.25) is 10.00 Å². The van der Waals surface area contributed by atoms with Crippen LogP contribution in [0.25, 0.3) is 10.8 Å². The molecule has 25 heavy (non-hydrogen) atoms. The predicted molar refractivity (Wildman–Crippen MR) is 99.6 cm³/mol. The van der Waals surface area contributed by atoms with Gasteiger partial charge in [-0.1, -0.05) is 36.4 Å². The molecule has 0 fully saturated rings. The molecule has 0 amide bonds. The highest BCUT2D eigenvalue weighted by atomic mass is 16.5. The molecule has 1 heterocycles. The van der Waals surface area contributed by atoms with Gasteiger partial charge in [-0.05, 0) is 31.4 Å². The molecule has 0 bridgehead atoms. The fourth-order valence-corrected chi connectivity index (χ4v) is 2.88. The van der Waals surface area contributed by atoms with Crippen molar-refractivity contribution >= 4 is 10.8 Å². The Labute approximate surface area is 148 Å². The Kier molecular flexibility index (Phi) is 5.68. The molecule has 0 saturated carbocycles. The number of benzene rings is 2. The Bertz CT molecular complexity index is 781. The molecule has 5 heteroatoms. The Morgan fingerprint density at radius 2 is 1.92 bits per heavy atom. The largest absolute Gasteiger partial charge is 0.490 e. The first kappa shape index (κ1) is 17.5. The Hall–Kier alpha value is -2.37. The molecule has 0 aliphatic rings. The van der Waals surface area contributed by atoms with Crippen LogP contribution in [0.15, 0.2) is 54.7 Å². The van der Waals surface area contributed by atoms with Gasteiger partial charge in [0, 0.05) is 36.4 Å². The fraction of sp³-hybridized carbons (Fsp3) is 0.350. The Balaban J connectivity index is 1.60. The van der Waals surface area contributed by atoms with Crippen LogP contribution in [-0.2, 0) is 6.54 Å². The molecule has 0 aliphatic carbocycles. The lowest BCUT2D eigenvalue weighted by atomic mass is 10.1. The zero-order chi connectivity index (χ0) is 17.6. The normalized spacial score (nSPS) is 12.8. The minimum atomic E-state index is -0.565. The summed E-state index contributed by atoms with van der Waals surface area (Å²) in [5.74, 6) is 0.807. The first-order chi connectivity index (χ1) is 12.1. The van der Waals surface area contributed by atoms with Gasteiger partial charge in [0.1, 0.15) is 18.5 Å². The van der Waals surface area contributed by atoms with E-state index in [1.54, 1.807) is 6.20 Å². The summed E-state index contributed by atoms with van der Waals surface area (Å²) in [5.41, 5.74) is 1.04. The maximum atomic E-state index is 10.4. The number of aliphatic hydroxyl groups excluding tert-OH is 1. The monoisotopic (exact) mass is 339 g/mol. The number of hydrogen-bond acceptors (Lipinski definition) is 4. The lowest BCUT2D eigenvalue weighted by Gasteiger charge is -2.28. The summed E-state index contributed by atoms with van der Waals surface area (Å²) < 4.78 is 5.90. The van der Waals surface area contributed by atoms with Crippen LogP contribution < -0.4 is 4.74 Å². The molecule has 0 radical (unpaired) electrons. The number of nitrogens with one attached hydrogen (secondary N) is 1. The molecular weight excluding hydrogens is 314 g/mol. The summed E-state index contributed by atoms with van der Waals surface area (Å²) in [6, 6.07) is 16.4. The van der Waals surface area contributed by atoms with Gasteiger partial charge in [0.2, 0.25) is 0 Å². The van der Waals surface area contributed by atoms with Gasteiger partial charge in [0.05, 0.1) is 0 Å². The second kappa shape index (κ2) is 8.14. The molecular formula is C20H25N3O2. The van der Waals surface area contributed by atoms with Crippen molar-refractivity contribution in [1.29, 1.82) is 0 Å².